The van der Waals surface area contributed by atoms with Crippen LogP contribution < -0.4 is 19.6 Å². The van der Waals surface area contributed by atoms with Gasteiger partial charge in [0.05, 0.1) is 20.4 Å². The lowest BCUT2D eigenvalue weighted by Crippen LogP contribution is -2.24. The molecule has 26 heavy (non-hydrogen) atoms. The number of carbonyl (C=O) groups excluding carboxylic acids is 1. The largest absolute Gasteiger partial charge is 0.502 e. The third kappa shape index (κ3) is 4.66. The lowest BCUT2D eigenvalue weighted by molar-refractivity contribution is -0.123. The van der Waals surface area contributed by atoms with Crippen molar-refractivity contribution in [2.45, 2.75) is 13.8 Å². The normalized spacial score (nSPS) is 10.6. The Hall–Kier alpha value is -3.22. The highest BCUT2D eigenvalue weighted by Gasteiger charge is 2.10. The number of amides is 1. The summed E-state index contributed by atoms with van der Waals surface area (Å²) in [5.74, 6) is 0.667. The van der Waals surface area contributed by atoms with Crippen LogP contribution in [0.2, 0.25) is 0 Å². The first-order chi connectivity index (χ1) is 12.5. The van der Waals surface area contributed by atoms with Crippen molar-refractivity contribution in [3.8, 4) is 23.0 Å². The number of ether oxygens (including phenoxy) is 3. The molecule has 7 nitrogen and oxygen atoms in total. The molecule has 0 fully saturated rings. The molecular formula is C19H22N2O5. The lowest BCUT2D eigenvalue weighted by atomic mass is 10.1. The van der Waals surface area contributed by atoms with Crippen LogP contribution >= 0.6 is 0 Å². The van der Waals surface area contributed by atoms with Gasteiger partial charge >= 0.3 is 0 Å². The van der Waals surface area contributed by atoms with Gasteiger partial charge in [-0.25, -0.2) is 5.43 Å². The molecule has 0 saturated carbocycles. The van der Waals surface area contributed by atoms with Gasteiger partial charge in [-0.3, -0.25) is 4.79 Å². The maximum absolute atomic E-state index is 11.9. The van der Waals surface area contributed by atoms with Crippen molar-refractivity contribution in [3.63, 3.8) is 0 Å². The second-order valence-corrected chi connectivity index (χ2v) is 5.55. The van der Waals surface area contributed by atoms with Crippen molar-refractivity contribution in [1.82, 2.24) is 5.43 Å². The molecular weight excluding hydrogens is 336 g/mol. The molecule has 2 rings (SSSR count). The molecule has 138 valence electrons. The summed E-state index contributed by atoms with van der Waals surface area (Å²) >= 11 is 0. The molecule has 0 aliphatic heterocycles. The van der Waals surface area contributed by atoms with Crippen molar-refractivity contribution >= 4 is 12.1 Å². The highest BCUT2D eigenvalue weighted by Crippen LogP contribution is 2.36. The second kappa shape index (κ2) is 8.75. The van der Waals surface area contributed by atoms with Crippen LogP contribution in [0.3, 0.4) is 0 Å². The Morgan fingerprint density at radius 1 is 1.15 bits per heavy atom. The van der Waals surface area contributed by atoms with Crippen LogP contribution in [0.15, 0.2) is 35.4 Å². The third-order valence-corrected chi connectivity index (χ3v) is 3.82. The van der Waals surface area contributed by atoms with Crippen LogP contribution in [0.5, 0.6) is 23.0 Å². The van der Waals surface area contributed by atoms with E-state index in [4.69, 9.17) is 14.2 Å². The smallest absolute Gasteiger partial charge is 0.277 e. The van der Waals surface area contributed by atoms with Gasteiger partial charge in [-0.05, 0) is 43.2 Å². The molecule has 0 radical (unpaired) electrons. The molecule has 2 aromatic carbocycles. The van der Waals surface area contributed by atoms with Gasteiger partial charge in [0, 0.05) is 5.56 Å². The standard InChI is InChI=1S/C19H22N2O5/c1-12-6-5-7-15(13(12)2)26-11-18(22)21-20-10-14-8-16(24-3)19(23)17(9-14)25-4/h5-10,23H,11H2,1-4H3,(H,21,22). The van der Waals surface area contributed by atoms with Crippen LogP contribution in [0.25, 0.3) is 0 Å². The fraction of sp³-hybridized carbons (Fsp3) is 0.263. The van der Waals surface area contributed by atoms with E-state index >= 15 is 0 Å². The maximum atomic E-state index is 11.9. The fourth-order valence-electron chi connectivity index (χ4n) is 2.22. The van der Waals surface area contributed by atoms with E-state index in [0.29, 0.717) is 11.3 Å². The Bertz CT molecular complexity index is 793. The average molecular weight is 358 g/mol. The molecule has 1 amide bonds. The molecule has 0 aliphatic rings. The molecule has 0 aromatic heterocycles. The minimum atomic E-state index is -0.389. The number of rotatable bonds is 7. The van der Waals surface area contributed by atoms with Gasteiger partial charge in [0.1, 0.15) is 5.75 Å². The Morgan fingerprint density at radius 3 is 2.42 bits per heavy atom. The number of benzene rings is 2. The number of carbonyl (C=O) groups is 1. The number of nitrogens with one attached hydrogen (secondary N) is 1. The van der Waals surface area contributed by atoms with E-state index in [9.17, 15) is 9.90 Å². The predicted octanol–water partition coefficient (Wildman–Crippen LogP) is 2.56. The number of hydrogen-bond donors (Lipinski definition) is 2. The van der Waals surface area contributed by atoms with E-state index in [1.165, 1.54) is 20.4 Å². The van der Waals surface area contributed by atoms with Crippen LogP contribution in [-0.2, 0) is 4.79 Å². The van der Waals surface area contributed by atoms with Crippen LogP contribution in [0, 0.1) is 13.8 Å². The van der Waals surface area contributed by atoms with E-state index in [-0.39, 0.29) is 29.8 Å². The zero-order chi connectivity index (χ0) is 19.1. The van der Waals surface area contributed by atoms with Crippen molar-refractivity contribution in [2.24, 2.45) is 5.10 Å². The fourth-order valence-corrected chi connectivity index (χ4v) is 2.22. The molecule has 2 aromatic rings. The van der Waals surface area contributed by atoms with Gasteiger partial charge in [-0.2, -0.15) is 5.10 Å². The van der Waals surface area contributed by atoms with E-state index in [1.54, 1.807) is 12.1 Å². The van der Waals surface area contributed by atoms with Crippen molar-refractivity contribution in [2.75, 3.05) is 20.8 Å². The van der Waals surface area contributed by atoms with E-state index in [1.807, 2.05) is 32.0 Å². The minimum absolute atomic E-state index is 0.0990. The minimum Gasteiger partial charge on any atom is -0.502 e. The molecule has 0 heterocycles. The summed E-state index contributed by atoms with van der Waals surface area (Å²) in [6.07, 6.45) is 1.42. The molecule has 0 aliphatic carbocycles. The van der Waals surface area contributed by atoms with Gasteiger partial charge < -0.3 is 19.3 Å². The van der Waals surface area contributed by atoms with Crippen LogP contribution in [-0.4, -0.2) is 38.1 Å². The van der Waals surface area contributed by atoms with Crippen molar-refractivity contribution in [3.05, 3.63) is 47.0 Å². The van der Waals surface area contributed by atoms with Crippen molar-refractivity contribution in [1.29, 1.82) is 0 Å². The second-order valence-electron chi connectivity index (χ2n) is 5.55. The van der Waals surface area contributed by atoms with Crippen LogP contribution in [0.4, 0.5) is 0 Å². The summed E-state index contributed by atoms with van der Waals surface area (Å²) in [7, 11) is 2.86. The number of hydrazone groups is 1. The number of nitrogens with zero attached hydrogens (tertiary/aromatic N) is 1. The Balaban J connectivity index is 1.95. The molecule has 0 bridgehead atoms. The van der Waals surface area contributed by atoms with E-state index in [2.05, 4.69) is 10.5 Å². The highest BCUT2D eigenvalue weighted by molar-refractivity contribution is 5.84. The van der Waals surface area contributed by atoms with Gasteiger partial charge in [-0.15, -0.1) is 0 Å². The summed E-state index contributed by atoms with van der Waals surface area (Å²) in [5, 5.41) is 13.7. The van der Waals surface area contributed by atoms with Gasteiger partial charge in [0.15, 0.2) is 18.1 Å². The summed E-state index contributed by atoms with van der Waals surface area (Å²) in [6, 6.07) is 8.81. The highest BCUT2D eigenvalue weighted by atomic mass is 16.5. The topological polar surface area (TPSA) is 89.4 Å². The van der Waals surface area contributed by atoms with Crippen molar-refractivity contribution < 1.29 is 24.1 Å². The Labute approximate surface area is 152 Å². The first kappa shape index (κ1) is 19.1. The SMILES string of the molecule is COc1cc(C=NNC(=O)COc2cccc(C)c2C)cc(OC)c1O. The van der Waals surface area contributed by atoms with Gasteiger partial charge in [-0.1, -0.05) is 12.1 Å². The summed E-state index contributed by atoms with van der Waals surface area (Å²) in [6.45, 7) is 3.77. The predicted molar refractivity (Wildman–Crippen MR) is 98.4 cm³/mol. The number of phenolic OH excluding ortho intramolecular Hbond substituents is 1. The summed E-state index contributed by atoms with van der Waals surface area (Å²) < 4.78 is 15.6. The number of methoxy groups -OCH3 is 2. The maximum Gasteiger partial charge on any atom is 0.277 e. The van der Waals surface area contributed by atoms with E-state index in [0.717, 1.165) is 11.1 Å². The molecule has 2 N–H and O–H groups in total. The lowest BCUT2D eigenvalue weighted by Gasteiger charge is -2.10. The van der Waals surface area contributed by atoms with Crippen LogP contribution in [0.1, 0.15) is 16.7 Å². The first-order valence-corrected chi connectivity index (χ1v) is 7.92. The molecule has 0 spiro atoms. The molecule has 0 atom stereocenters. The van der Waals surface area contributed by atoms with Gasteiger partial charge in [0.2, 0.25) is 5.75 Å². The summed E-state index contributed by atoms with van der Waals surface area (Å²) in [4.78, 5) is 11.9. The number of hydrogen-bond acceptors (Lipinski definition) is 6. The van der Waals surface area contributed by atoms with Gasteiger partial charge in [0.25, 0.3) is 5.91 Å². The number of phenols is 1. The Morgan fingerprint density at radius 2 is 1.81 bits per heavy atom. The molecule has 0 unspecified atom stereocenters. The first-order valence-electron chi connectivity index (χ1n) is 7.92. The molecule has 7 heteroatoms. The molecule has 0 saturated heterocycles. The van der Waals surface area contributed by atoms with E-state index < -0.39 is 0 Å². The number of aryl methyl sites for hydroxylation is 1. The monoisotopic (exact) mass is 358 g/mol. The number of aromatic hydroxyl groups is 1. The zero-order valence-corrected chi connectivity index (χ0v) is 15.2. The zero-order valence-electron chi connectivity index (χ0n) is 15.2. The quantitative estimate of drug-likeness (QED) is 0.586. The summed E-state index contributed by atoms with van der Waals surface area (Å²) in [5.41, 5.74) is 5.06. The average Bonchev–Trinajstić information content (AvgIpc) is 2.64. The third-order valence-electron chi connectivity index (χ3n) is 3.82. The Kier molecular flexibility index (Phi) is 6.43.